The molecule has 0 spiro atoms. The van der Waals surface area contributed by atoms with Gasteiger partial charge in [-0.1, -0.05) is 44.2 Å². The number of benzene rings is 1. The topological polar surface area (TPSA) is 53.6 Å². The molecular weight excluding hydrogens is 363 g/mol. The molecule has 1 unspecified atom stereocenters. The van der Waals surface area contributed by atoms with Crippen molar-refractivity contribution < 1.29 is 0 Å². The van der Waals surface area contributed by atoms with Crippen molar-refractivity contribution >= 4 is 29.9 Å². The van der Waals surface area contributed by atoms with Gasteiger partial charge in [0.15, 0.2) is 5.96 Å². The lowest BCUT2D eigenvalue weighted by Gasteiger charge is -2.25. The Bertz CT molecular complexity index is 390. The fraction of sp³-hybridized carbons (Fsp3) is 0.533. The van der Waals surface area contributed by atoms with Gasteiger partial charge in [-0.3, -0.25) is 4.99 Å². The summed E-state index contributed by atoms with van der Waals surface area (Å²) in [4.78, 5) is 6.49. The van der Waals surface area contributed by atoms with Gasteiger partial charge in [0.25, 0.3) is 0 Å². The van der Waals surface area contributed by atoms with Crippen LogP contribution in [0.5, 0.6) is 0 Å². The molecule has 0 fully saturated rings. The molecule has 0 aliphatic heterocycles. The summed E-state index contributed by atoms with van der Waals surface area (Å²) in [6, 6.07) is 10.7. The summed E-state index contributed by atoms with van der Waals surface area (Å²) in [7, 11) is 4.14. The number of nitrogens with two attached hydrogens (primary N) is 1. The highest BCUT2D eigenvalue weighted by Gasteiger charge is 2.13. The van der Waals surface area contributed by atoms with Crippen LogP contribution in [-0.2, 0) is 0 Å². The van der Waals surface area contributed by atoms with E-state index < -0.39 is 0 Å². The summed E-state index contributed by atoms with van der Waals surface area (Å²) < 4.78 is 0. The first kappa shape index (κ1) is 19.2. The van der Waals surface area contributed by atoms with E-state index in [1.807, 2.05) is 6.07 Å². The Hall–Kier alpha value is -0.820. The SMILES string of the molecule is CC(C)CN=C(N)NCC(c1ccccc1)N(C)C.I. The molecule has 0 saturated heterocycles. The Morgan fingerprint density at radius 2 is 1.85 bits per heavy atom. The molecule has 4 nitrogen and oxygen atoms in total. The van der Waals surface area contributed by atoms with E-state index in [9.17, 15) is 0 Å². The highest BCUT2D eigenvalue weighted by molar-refractivity contribution is 14.0. The minimum Gasteiger partial charge on any atom is -0.370 e. The van der Waals surface area contributed by atoms with Crippen LogP contribution in [0.25, 0.3) is 0 Å². The number of hydrogen-bond acceptors (Lipinski definition) is 2. The van der Waals surface area contributed by atoms with Crippen molar-refractivity contribution in [2.24, 2.45) is 16.6 Å². The van der Waals surface area contributed by atoms with E-state index in [4.69, 9.17) is 5.73 Å². The van der Waals surface area contributed by atoms with E-state index in [2.05, 4.69) is 67.4 Å². The van der Waals surface area contributed by atoms with E-state index in [0.717, 1.165) is 13.1 Å². The smallest absolute Gasteiger partial charge is 0.188 e. The first-order valence-corrected chi connectivity index (χ1v) is 6.76. The third kappa shape index (κ3) is 7.09. The number of hydrogen-bond donors (Lipinski definition) is 2. The zero-order valence-corrected chi connectivity index (χ0v) is 15.2. The van der Waals surface area contributed by atoms with Crippen LogP contribution in [-0.4, -0.2) is 38.0 Å². The highest BCUT2D eigenvalue weighted by Crippen LogP contribution is 2.16. The lowest BCUT2D eigenvalue weighted by atomic mass is 10.1. The molecule has 0 heterocycles. The number of aliphatic imine (C=N–C) groups is 1. The zero-order chi connectivity index (χ0) is 14.3. The Morgan fingerprint density at radius 1 is 1.25 bits per heavy atom. The maximum absolute atomic E-state index is 5.87. The quantitative estimate of drug-likeness (QED) is 0.446. The van der Waals surface area contributed by atoms with Crippen LogP contribution in [0.15, 0.2) is 35.3 Å². The van der Waals surface area contributed by atoms with E-state index in [0.29, 0.717) is 11.9 Å². The third-order valence-electron chi connectivity index (χ3n) is 2.91. The largest absolute Gasteiger partial charge is 0.370 e. The van der Waals surface area contributed by atoms with Crippen molar-refractivity contribution in [3.05, 3.63) is 35.9 Å². The Labute approximate surface area is 139 Å². The van der Waals surface area contributed by atoms with E-state index in [-0.39, 0.29) is 30.0 Å². The molecule has 0 saturated carbocycles. The maximum atomic E-state index is 5.87. The fourth-order valence-electron chi connectivity index (χ4n) is 1.81. The minimum absolute atomic E-state index is 0. The van der Waals surface area contributed by atoms with Gasteiger partial charge in [0, 0.05) is 13.1 Å². The molecule has 1 rings (SSSR count). The van der Waals surface area contributed by atoms with Crippen LogP contribution in [0, 0.1) is 5.92 Å². The molecular formula is C15H27IN4. The maximum Gasteiger partial charge on any atom is 0.188 e. The number of nitrogens with zero attached hydrogens (tertiary/aromatic N) is 2. The van der Waals surface area contributed by atoms with Crippen molar-refractivity contribution in [1.29, 1.82) is 0 Å². The molecule has 0 aromatic heterocycles. The molecule has 1 aromatic rings. The van der Waals surface area contributed by atoms with Crippen molar-refractivity contribution in [2.75, 3.05) is 27.2 Å². The Balaban J connectivity index is 0.00000361. The van der Waals surface area contributed by atoms with Crippen molar-refractivity contribution in [1.82, 2.24) is 10.2 Å². The number of rotatable bonds is 6. The summed E-state index contributed by atoms with van der Waals surface area (Å²) in [5.41, 5.74) is 7.14. The second-order valence-electron chi connectivity index (χ2n) is 5.39. The third-order valence-corrected chi connectivity index (χ3v) is 2.91. The van der Waals surface area contributed by atoms with Gasteiger partial charge in [-0.25, -0.2) is 0 Å². The molecule has 20 heavy (non-hydrogen) atoms. The Kier molecular flexibility index (Phi) is 9.58. The van der Waals surface area contributed by atoms with Gasteiger partial charge in [0.2, 0.25) is 0 Å². The van der Waals surface area contributed by atoms with Gasteiger partial charge < -0.3 is 16.0 Å². The first-order valence-electron chi connectivity index (χ1n) is 6.76. The number of guanidine groups is 1. The van der Waals surface area contributed by atoms with Crippen LogP contribution < -0.4 is 11.1 Å². The van der Waals surface area contributed by atoms with E-state index in [1.165, 1.54) is 5.56 Å². The minimum atomic E-state index is 0. The van der Waals surface area contributed by atoms with Crippen LogP contribution in [0.3, 0.4) is 0 Å². The molecule has 1 aromatic carbocycles. The second-order valence-corrected chi connectivity index (χ2v) is 5.39. The second kappa shape index (κ2) is 9.99. The van der Waals surface area contributed by atoms with Crippen LogP contribution in [0.2, 0.25) is 0 Å². The van der Waals surface area contributed by atoms with Gasteiger partial charge in [-0.05, 0) is 25.6 Å². The van der Waals surface area contributed by atoms with Crippen molar-refractivity contribution in [2.45, 2.75) is 19.9 Å². The molecule has 0 amide bonds. The number of likely N-dealkylation sites (N-methyl/N-ethyl adjacent to an activating group) is 1. The van der Waals surface area contributed by atoms with Gasteiger partial charge in [0.05, 0.1) is 6.04 Å². The standard InChI is InChI=1S/C15H26N4.HI/c1-12(2)10-17-15(16)18-11-14(19(3)4)13-8-6-5-7-9-13;/h5-9,12,14H,10-11H2,1-4H3,(H3,16,17,18);1H. The normalized spacial score (nSPS) is 13.2. The van der Waals surface area contributed by atoms with E-state index in [1.54, 1.807) is 0 Å². The molecule has 0 radical (unpaired) electrons. The fourth-order valence-corrected chi connectivity index (χ4v) is 1.81. The summed E-state index contributed by atoms with van der Waals surface area (Å²) in [5, 5.41) is 3.20. The lowest BCUT2D eigenvalue weighted by Crippen LogP contribution is -2.38. The van der Waals surface area contributed by atoms with Crippen LogP contribution in [0.1, 0.15) is 25.5 Å². The van der Waals surface area contributed by atoms with Crippen molar-refractivity contribution in [3.63, 3.8) is 0 Å². The molecule has 0 bridgehead atoms. The molecule has 3 N–H and O–H groups in total. The highest BCUT2D eigenvalue weighted by atomic mass is 127. The predicted octanol–water partition coefficient (Wildman–Crippen LogP) is 2.47. The summed E-state index contributed by atoms with van der Waals surface area (Å²) in [6.45, 7) is 5.77. The average molecular weight is 390 g/mol. The van der Waals surface area contributed by atoms with Gasteiger partial charge >= 0.3 is 0 Å². The molecule has 0 aliphatic rings. The van der Waals surface area contributed by atoms with E-state index >= 15 is 0 Å². The van der Waals surface area contributed by atoms with Crippen LogP contribution in [0.4, 0.5) is 0 Å². The van der Waals surface area contributed by atoms with Gasteiger partial charge in [-0.2, -0.15) is 0 Å². The summed E-state index contributed by atoms with van der Waals surface area (Å²) in [5.74, 6) is 1.05. The summed E-state index contributed by atoms with van der Waals surface area (Å²) in [6.07, 6.45) is 0. The Morgan fingerprint density at radius 3 is 2.35 bits per heavy atom. The molecule has 0 aliphatic carbocycles. The molecule has 5 heteroatoms. The van der Waals surface area contributed by atoms with Gasteiger partial charge in [-0.15, -0.1) is 24.0 Å². The summed E-state index contributed by atoms with van der Waals surface area (Å²) >= 11 is 0. The monoisotopic (exact) mass is 390 g/mol. The number of halogens is 1. The molecule has 1 atom stereocenters. The first-order chi connectivity index (χ1) is 9.00. The average Bonchev–Trinajstić information content (AvgIpc) is 2.37. The van der Waals surface area contributed by atoms with Gasteiger partial charge in [0.1, 0.15) is 0 Å². The van der Waals surface area contributed by atoms with Crippen LogP contribution >= 0.6 is 24.0 Å². The lowest BCUT2D eigenvalue weighted by molar-refractivity contribution is 0.298. The predicted molar refractivity (Wildman–Crippen MR) is 97.6 cm³/mol. The zero-order valence-electron chi connectivity index (χ0n) is 12.8. The van der Waals surface area contributed by atoms with Crippen molar-refractivity contribution in [3.8, 4) is 0 Å². The molecule has 114 valence electrons. The number of nitrogens with one attached hydrogen (secondary N) is 1.